The molecule has 0 saturated carbocycles. The number of hydrogen-bond donors (Lipinski definition) is 2. The average Bonchev–Trinajstić information content (AvgIpc) is 3.31. The monoisotopic (exact) mass is 440 g/mol. The van der Waals surface area contributed by atoms with Gasteiger partial charge in [0.2, 0.25) is 17.7 Å². The third-order valence-electron chi connectivity index (χ3n) is 5.48. The Balaban J connectivity index is 1.37. The van der Waals surface area contributed by atoms with E-state index in [9.17, 15) is 9.59 Å². The largest absolute Gasteiger partial charge is 0.416 e. The Morgan fingerprint density at radius 1 is 0.818 bits per heavy atom. The summed E-state index contributed by atoms with van der Waals surface area (Å²) in [6.07, 6.45) is 0. The van der Waals surface area contributed by atoms with Gasteiger partial charge < -0.3 is 15.1 Å². The molecule has 0 fully saturated rings. The van der Waals surface area contributed by atoms with Crippen LogP contribution < -0.4 is 10.6 Å². The summed E-state index contributed by atoms with van der Waals surface area (Å²) in [6, 6.07) is 20.3. The molecule has 4 rings (SSSR count). The number of benzene rings is 3. The quantitative estimate of drug-likeness (QED) is 0.453. The summed E-state index contributed by atoms with van der Waals surface area (Å²) >= 11 is 0. The van der Waals surface area contributed by atoms with Crippen molar-refractivity contribution in [1.82, 2.24) is 15.5 Å². The zero-order chi connectivity index (χ0) is 23.4. The number of amides is 2. The topological polar surface area (TPSA) is 97.1 Å². The van der Waals surface area contributed by atoms with E-state index in [0.717, 1.165) is 27.9 Å². The number of nitrogens with one attached hydrogen (secondary N) is 2. The molecule has 0 unspecified atom stereocenters. The molecule has 1 heterocycles. The maximum Gasteiger partial charge on any atom is 0.251 e. The minimum atomic E-state index is -0.344. The summed E-state index contributed by atoms with van der Waals surface area (Å²) in [7, 11) is 0. The fourth-order valence-electron chi connectivity index (χ4n) is 3.37. The highest BCUT2D eigenvalue weighted by Crippen LogP contribution is 2.26. The molecule has 7 nitrogen and oxygen atoms in total. The molecule has 0 bridgehead atoms. The molecular weight excluding hydrogens is 416 g/mol. The molecule has 2 amide bonds. The lowest BCUT2D eigenvalue weighted by molar-refractivity contribution is -0.115. The van der Waals surface area contributed by atoms with E-state index in [4.69, 9.17) is 4.42 Å². The fraction of sp³-hybridized carbons (Fsp3) is 0.154. The smallest absolute Gasteiger partial charge is 0.251 e. The van der Waals surface area contributed by atoms with E-state index in [1.54, 1.807) is 24.3 Å². The van der Waals surface area contributed by atoms with Crippen molar-refractivity contribution in [2.24, 2.45) is 0 Å². The Morgan fingerprint density at radius 2 is 1.52 bits per heavy atom. The highest BCUT2D eigenvalue weighted by molar-refractivity contribution is 5.99. The molecule has 0 saturated heterocycles. The Morgan fingerprint density at radius 3 is 2.27 bits per heavy atom. The number of rotatable bonds is 6. The van der Waals surface area contributed by atoms with Crippen LogP contribution >= 0.6 is 0 Å². The van der Waals surface area contributed by atoms with E-state index in [0.29, 0.717) is 22.9 Å². The van der Waals surface area contributed by atoms with Gasteiger partial charge in [-0.05, 0) is 73.9 Å². The lowest BCUT2D eigenvalue weighted by Gasteiger charge is -2.11. The molecule has 3 aromatic carbocycles. The van der Waals surface area contributed by atoms with Gasteiger partial charge in [0.25, 0.3) is 5.91 Å². The predicted octanol–water partition coefficient (Wildman–Crippen LogP) is 4.70. The van der Waals surface area contributed by atoms with Gasteiger partial charge in [0.15, 0.2) is 0 Å². The van der Waals surface area contributed by atoms with E-state index in [-0.39, 0.29) is 18.4 Å². The number of hydrogen-bond acceptors (Lipinski definition) is 5. The predicted molar refractivity (Wildman–Crippen MR) is 127 cm³/mol. The van der Waals surface area contributed by atoms with E-state index in [1.165, 1.54) is 0 Å². The van der Waals surface area contributed by atoms with Gasteiger partial charge in [-0.15, -0.1) is 10.2 Å². The van der Waals surface area contributed by atoms with Crippen molar-refractivity contribution >= 4 is 17.5 Å². The zero-order valence-corrected chi connectivity index (χ0v) is 18.7. The highest BCUT2D eigenvalue weighted by atomic mass is 16.4. The van der Waals surface area contributed by atoms with Crippen LogP contribution in [0.3, 0.4) is 0 Å². The number of anilines is 1. The first kappa shape index (κ1) is 22.0. The lowest BCUT2D eigenvalue weighted by atomic mass is 10.1. The van der Waals surface area contributed by atoms with Gasteiger partial charge >= 0.3 is 0 Å². The van der Waals surface area contributed by atoms with Gasteiger partial charge in [-0.1, -0.05) is 30.3 Å². The molecule has 1 aromatic heterocycles. The van der Waals surface area contributed by atoms with Crippen molar-refractivity contribution in [2.45, 2.75) is 20.8 Å². The van der Waals surface area contributed by atoms with Crippen LogP contribution in [0.2, 0.25) is 0 Å². The number of carbonyl (C=O) groups excluding carboxylic acids is 2. The minimum absolute atomic E-state index is 0.128. The van der Waals surface area contributed by atoms with Crippen LogP contribution in [0.25, 0.3) is 22.9 Å². The summed E-state index contributed by atoms with van der Waals surface area (Å²) in [5, 5.41) is 13.7. The Bertz CT molecular complexity index is 1310. The van der Waals surface area contributed by atoms with E-state index >= 15 is 0 Å². The zero-order valence-electron chi connectivity index (χ0n) is 18.7. The average molecular weight is 441 g/mol. The van der Waals surface area contributed by atoms with Crippen molar-refractivity contribution in [2.75, 3.05) is 11.9 Å². The van der Waals surface area contributed by atoms with Crippen LogP contribution in [0.4, 0.5) is 5.69 Å². The van der Waals surface area contributed by atoms with Crippen LogP contribution in [-0.2, 0) is 4.79 Å². The Labute approximate surface area is 191 Å². The summed E-state index contributed by atoms with van der Waals surface area (Å²) < 4.78 is 5.81. The second-order valence-electron chi connectivity index (χ2n) is 7.78. The molecule has 0 aliphatic heterocycles. The third-order valence-corrected chi connectivity index (χ3v) is 5.48. The standard InChI is InChI=1S/C26H24N4O3/c1-16-8-6-10-22(18(16)3)28-23(31)15-27-24(32)19-11-13-20(14-12-19)25-29-30-26(33-25)21-9-5-4-7-17(21)2/h4-14H,15H2,1-3H3,(H,27,32)(H,28,31). The van der Waals surface area contributed by atoms with Crippen LogP contribution in [0, 0.1) is 20.8 Å². The normalized spacial score (nSPS) is 10.6. The molecule has 0 radical (unpaired) electrons. The SMILES string of the molecule is Cc1ccccc1-c1nnc(-c2ccc(C(=O)NCC(=O)Nc3cccc(C)c3C)cc2)o1. The molecule has 4 aromatic rings. The molecule has 0 atom stereocenters. The van der Waals surface area contributed by atoms with Gasteiger partial charge in [0.1, 0.15) is 0 Å². The molecule has 0 spiro atoms. The number of aryl methyl sites for hydroxylation is 2. The van der Waals surface area contributed by atoms with Crippen molar-refractivity contribution in [3.8, 4) is 22.9 Å². The first-order chi connectivity index (χ1) is 15.9. The van der Waals surface area contributed by atoms with Crippen LogP contribution in [-0.4, -0.2) is 28.6 Å². The van der Waals surface area contributed by atoms with Gasteiger partial charge in [-0.3, -0.25) is 9.59 Å². The second kappa shape index (κ2) is 9.48. The second-order valence-corrected chi connectivity index (χ2v) is 7.78. The molecule has 2 N–H and O–H groups in total. The van der Waals surface area contributed by atoms with Crippen LogP contribution in [0.5, 0.6) is 0 Å². The van der Waals surface area contributed by atoms with Gasteiger partial charge in [-0.25, -0.2) is 0 Å². The van der Waals surface area contributed by atoms with Crippen LogP contribution in [0.15, 0.2) is 71.1 Å². The number of carbonyl (C=O) groups is 2. The first-order valence-electron chi connectivity index (χ1n) is 10.6. The lowest BCUT2D eigenvalue weighted by Crippen LogP contribution is -2.33. The van der Waals surface area contributed by atoms with Gasteiger partial charge in [0.05, 0.1) is 6.54 Å². The molecule has 0 aliphatic rings. The summed E-state index contributed by atoms with van der Waals surface area (Å²) in [4.78, 5) is 24.7. The van der Waals surface area contributed by atoms with Crippen molar-refractivity contribution in [1.29, 1.82) is 0 Å². The minimum Gasteiger partial charge on any atom is -0.416 e. The van der Waals surface area contributed by atoms with Crippen molar-refractivity contribution < 1.29 is 14.0 Å². The van der Waals surface area contributed by atoms with Crippen LogP contribution in [0.1, 0.15) is 27.0 Å². The Kier molecular flexibility index (Phi) is 6.31. The molecule has 7 heteroatoms. The van der Waals surface area contributed by atoms with Crippen molar-refractivity contribution in [3.05, 3.63) is 89.0 Å². The maximum absolute atomic E-state index is 12.5. The maximum atomic E-state index is 12.5. The van der Waals surface area contributed by atoms with E-state index < -0.39 is 0 Å². The Hall–Kier alpha value is -4.26. The summed E-state index contributed by atoms with van der Waals surface area (Å²) in [5.74, 6) is 0.181. The van der Waals surface area contributed by atoms with Gasteiger partial charge in [-0.2, -0.15) is 0 Å². The summed E-state index contributed by atoms with van der Waals surface area (Å²) in [5.41, 5.74) is 5.88. The molecule has 33 heavy (non-hydrogen) atoms. The van der Waals surface area contributed by atoms with E-state index in [2.05, 4.69) is 20.8 Å². The highest BCUT2D eigenvalue weighted by Gasteiger charge is 2.14. The number of aromatic nitrogens is 2. The van der Waals surface area contributed by atoms with Crippen molar-refractivity contribution in [3.63, 3.8) is 0 Å². The first-order valence-corrected chi connectivity index (χ1v) is 10.6. The third kappa shape index (κ3) is 4.98. The molecule has 166 valence electrons. The molecule has 0 aliphatic carbocycles. The summed E-state index contributed by atoms with van der Waals surface area (Å²) in [6.45, 7) is 5.78. The fourth-order valence-corrected chi connectivity index (χ4v) is 3.37. The van der Waals surface area contributed by atoms with E-state index in [1.807, 2.05) is 63.2 Å². The molecular formula is C26H24N4O3. The van der Waals surface area contributed by atoms with Gasteiger partial charge in [0, 0.05) is 22.4 Å². The number of nitrogens with zero attached hydrogens (tertiary/aromatic N) is 2.